The molecule has 2 fully saturated rings. The number of nitrogens with zero attached hydrogens (tertiary/aromatic N) is 1. The standard InChI is InChI=1S/C8H16N2O/c1-10-4-2-8-7(6-10)9-3-5-11-8/h7-9H,2-6H2,1H3/t7-,8+/m0/s1. The molecule has 3 nitrogen and oxygen atoms in total. The van der Waals surface area contributed by atoms with Crippen LogP contribution >= 0.6 is 0 Å². The van der Waals surface area contributed by atoms with Gasteiger partial charge in [-0.3, -0.25) is 0 Å². The van der Waals surface area contributed by atoms with Gasteiger partial charge in [-0.2, -0.15) is 0 Å². The van der Waals surface area contributed by atoms with Gasteiger partial charge in [0.15, 0.2) is 0 Å². The first-order valence-corrected chi connectivity index (χ1v) is 4.40. The summed E-state index contributed by atoms with van der Waals surface area (Å²) in [6.07, 6.45) is 1.67. The number of morpholine rings is 1. The average Bonchev–Trinajstić information content (AvgIpc) is 2.04. The van der Waals surface area contributed by atoms with E-state index in [1.54, 1.807) is 0 Å². The molecule has 11 heavy (non-hydrogen) atoms. The fraction of sp³-hybridized carbons (Fsp3) is 1.00. The van der Waals surface area contributed by atoms with Crippen LogP contribution in [0.3, 0.4) is 0 Å². The van der Waals surface area contributed by atoms with Crippen LogP contribution < -0.4 is 5.32 Å². The molecule has 2 atom stereocenters. The van der Waals surface area contributed by atoms with E-state index in [1.807, 2.05) is 0 Å². The second-order valence-electron chi connectivity index (χ2n) is 3.52. The van der Waals surface area contributed by atoms with Gasteiger partial charge in [0.2, 0.25) is 0 Å². The summed E-state index contributed by atoms with van der Waals surface area (Å²) in [6.45, 7) is 4.24. The molecule has 0 unspecified atom stereocenters. The fourth-order valence-electron chi connectivity index (χ4n) is 1.94. The van der Waals surface area contributed by atoms with Gasteiger partial charge in [0.1, 0.15) is 0 Å². The number of ether oxygens (including phenoxy) is 1. The Hall–Kier alpha value is -0.120. The zero-order valence-electron chi connectivity index (χ0n) is 7.05. The lowest BCUT2D eigenvalue weighted by Crippen LogP contribution is -2.57. The summed E-state index contributed by atoms with van der Waals surface area (Å²) >= 11 is 0. The molecule has 0 spiro atoms. The minimum atomic E-state index is 0.486. The van der Waals surface area contributed by atoms with Crippen LogP contribution in [0, 0.1) is 0 Å². The SMILES string of the molecule is CN1CC[C@H]2OCCN[C@H]2C1. The van der Waals surface area contributed by atoms with Gasteiger partial charge in [-0.05, 0) is 13.5 Å². The lowest BCUT2D eigenvalue weighted by Gasteiger charge is -2.40. The summed E-state index contributed by atoms with van der Waals surface area (Å²) in [4.78, 5) is 2.36. The van der Waals surface area contributed by atoms with E-state index in [0.29, 0.717) is 12.1 Å². The molecule has 0 aromatic rings. The van der Waals surface area contributed by atoms with Crippen molar-refractivity contribution >= 4 is 0 Å². The van der Waals surface area contributed by atoms with Gasteiger partial charge < -0.3 is 15.0 Å². The average molecular weight is 156 g/mol. The van der Waals surface area contributed by atoms with E-state index in [9.17, 15) is 0 Å². The third-order valence-corrected chi connectivity index (χ3v) is 2.59. The molecular formula is C8H16N2O. The van der Waals surface area contributed by atoms with Gasteiger partial charge in [-0.15, -0.1) is 0 Å². The molecule has 64 valence electrons. The van der Waals surface area contributed by atoms with E-state index in [-0.39, 0.29) is 0 Å². The Morgan fingerprint density at radius 3 is 3.36 bits per heavy atom. The van der Waals surface area contributed by atoms with Gasteiger partial charge >= 0.3 is 0 Å². The zero-order chi connectivity index (χ0) is 7.68. The number of rotatable bonds is 0. The maximum atomic E-state index is 5.64. The van der Waals surface area contributed by atoms with E-state index < -0.39 is 0 Å². The topological polar surface area (TPSA) is 24.5 Å². The van der Waals surface area contributed by atoms with Crippen LogP contribution in [0.4, 0.5) is 0 Å². The third-order valence-electron chi connectivity index (χ3n) is 2.59. The van der Waals surface area contributed by atoms with Crippen molar-refractivity contribution in [1.29, 1.82) is 0 Å². The minimum absolute atomic E-state index is 0.486. The fourth-order valence-corrected chi connectivity index (χ4v) is 1.94. The van der Waals surface area contributed by atoms with E-state index in [4.69, 9.17) is 4.74 Å². The van der Waals surface area contributed by atoms with E-state index in [0.717, 1.165) is 19.7 Å². The first kappa shape index (κ1) is 7.53. The van der Waals surface area contributed by atoms with Gasteiger partial charge in [0, 0.05) is 25.7 Å². The molecule has 1 N–H and O–H groups in total. The number of hydrogen-bond acceptors (Lipinski definition) is 3. The Kier molecular flexibility index (Phi) is 2.11. The van der Waals surface area contributed by atoms with E-state index >= 15 is 0 Å². The summed E-state index contributed by atoms with van der Waals surface area (Å²) in [7, 11) is 2.17. The predicted molar refractivity (Wildman–Crippen MR) is 43.6 cm³/mol. The molecule has 0 aliphatic carbocycles. The smallest absolute Gasteiger partial charge is 0.0753 e. The molecule has 2 aliphatic heterocycles. The van der Waals surface area contributed by atoms with Crippen LogP contribution in [0.1, 0.15) is 6.42 Å². The largest absolute Gasteiger partial charge is 0.375 e. The maximum Gasteiger partial charge on any atom is 0.0753 e. The number of piperidine rings is 1. The van der Waals surface area contributed by atoms with Crippen molar-refractivity contribution in [3.8, 4) is 0 Å². The first-order chi connectivity index (χ1) is 5.36. The summed E-state index contributed by atoms with van der Waals surface area (Å²) in [5.41, 5.74) is 0. The molecular weight excluding hydrogens is 140 g/mol. The molecule has 2 aliphatic rings. The summed E-state index contributed by atoms with van der Waals surface area (Å²) in [5, 5.41) is 3.48. The normalized spacial score (nSPS) is 40.1. The third kappa shape index (κ3) is 1.55. The van der Waals surface area contributed by atoms with Gasteiger partial charge in [-0.25, -0.2) is 0 Å². The Morgan fingerprint density at radius 1 is 1.55 bits per heavy atom. The number of likely N-dealkylation sites (tertiary alicyclic amines) is 1. The van der Waals surface area contributed by atoms with Gasteiger partial charge in [-0.1, -0.05) is 0 Å². The molecule has 2 heterocycles. The molecule has 2 saturated heterocycles. The van der Waals surface area contributed by atoms with Crippen LogP contribution in [0.25, 0.3) is 0 Å². The summed E-state index contributed by atoms with van der Waals surface area (Å²) < 4.78 is 5.64. The van der Waals surface area contributed by atoms with Crippen LogP contribution in [-0.2, 0) is 4.74 Å². The Bertz CT molecular complexity index is 140. The molecule has 0 saturated carbocycles. The molecule has 0 aromatic heterocycles. The Balaban J connectivity index is 1.93. The quantitative estimate of drug-likeness (QED) is 0.520. The van der Waals surface area contributed by atoms with Crippen LogP contribution in [0.5, 0.6) is 0 Å². The minimum Gasteiger partial charge on any atom is -0.375 e. The van der Waals surface area contributed by atoms with Crippen molar-refractivity contribution in [2.45, 2.75) is 18.6 Å². The zero-order valence-corrected chi connectivity index (χ0v) is 7.05. The van der Waals surface area contributed by atoms with E-state index in [1.165, 1.54) is 13.0 Å². The summed E-state index contributed by atoms with van der Waals surface area (Å²) in [5.74, 6) is 0. The molecule has 2 rings (SSSR count). The van der Waals surface area contributed by atoms with Crippen molar-refractivity contribution in [3.63, 3.8) is 0 Å². The number of hydrogen-bond donors (Lipinski definition) is 1. The summed E-state index contributed by atoms with van der Waals surface area (Å²) in [6, 6.07) is 0.586. The Labute approximate surface area is 67.7 Å². The van der Waals surface area contributed by atoms with Crippen molar-refractivity contribution in [1.82, 2.24) is 10.2 Å². The second-order valence-corrected chi connectivity index (χ2v) is 3.52. The molecule has 0 amide bonds. The lowest BCUT2D eigenvalue weighted by atomic mass is 10.0. The highest BCUT2D eigenvalue weighted by atomic mass is 16.5. The number of likely N-dealkylation sites (N-methyl/N-ethyl adjacent to an activating group) is 1. The number of fused-ring (bicyclic) bond motifs is 1. The van der Waals surface area contributed by atoms with Crippen LogP contribution in [-0.4, -0.2) is 50.3 Å². The van der Waals surface area contributed by atoms with Crippen LogP contribution in [0.2, 0.25) is 0 Å². The van der Waals surface area contributed by atoms with Gasteiger partial charge in [0.25, 0.3) is 0 Å². The highest BCUT2D eigenvalue weighted by molar-refractivity contribution is 4.87. The predicted octanol–water partition coefficient (Wildman–Crippen LogP) is -0.321. The molecule has 0 bridgehead atoms. The first-order valence-electron chi connectivity index (χ1n) is 4.40. The highest BCUT2D eigenvalue weighted by Gasteiger charge is 2.29. The van der Waals surface area contributed by atoms with Crippen molar-refractivity contribution < 1.29 is 4.74 Å². The molecule has 0 radical (unpaired) electrons. The van der Waals surface area contributed by atoms with Crippen molar-refractivity contribution in [2.75, 3.05) is 33.3 Å². The van der Waals surface area contributed by atoms with Gasteiger partial charge in [0.05, 0.1) is 12.7 Å². The van der Waals surface area contributed by atoms with Crippen LogP contribution in [0.15, 0.2) is 0 Å². The van der Waals surface area contributed by atoms with E-state index in [2.05, 4.69) is 17.3 Å². The second kappa shape index (κ2) is 3.09. The monoisotopic (exact) mass is 156 g/mol. The maximum absolute atomic E-state index is 5.64. The van der Waals surface area contributed by atoms with Crippen molar-refractivity contribution in [2.24, 2.45) is 0 Å². The molecule has 0 aromatic carbocycles. The van der Waals surface area contributed by atoms with Crippen molar-refractivity contribution in [3.05, 3.63) is 0 Å². The lowest BCUT2D eigenvalue weighted by molar-refractivity contribution is -0.0385. The number of nitrogens with one attached hydrogen (secondary N) is 1. The molecule has 3 heteroatoms. The highest BCUT2D eigenvalue weighted by Crippen LogP contribution is 2.15. The Morgan fingerprint density at radius 2 is 2.45 bits per heavy atom.